The predicted molar refractivity (Wildman–Crippen MR) is 37.1 cm³/mol. The predicted octanol–water partition coefficient (Wildman–Crippen LogP) is -0.424. The second kappa shape index (κ2) is 12.5. The molecular weight excluding hydrogens is 311 g/mol. The Bertz CT molecular complexity index is 102. The van der Waals surface area contributed by atoms with Gasteiger partial charge in [-0.3, -0.25) is 0 Å². The van der Waals surface area contributed by atoms with Crippen LogP contribution < -0.4 is 14.7 Å². The van der Waals surface area contributed by atoms with E-state index in [0.717, 1.165) is 6.42 Å². The molecule has 4 nitrogen and oxygen atoms in total. The number of phosphoric acid groups is 1. The Balaban J connectivity index is -0.000000126. The first kappa shape index (κ1) is 19.1. The van der Waals surface area contributed by atoms with Gasteiger partial charge in [0.05, 0.1) is 0 Å². The second-order valence-corrected chi connectivity index (χ2v) is 2.90. The number of hydrogen-bond acceptors (Lipinski definition) is 4. The maximum atomic E-state index is 8.55. The SMILES string of the molecule is O=P([O-])([O-])[O-].[CH2-]CCCCC.[Nd+3]. The molecule has 0 bridgehead atoms. The molecule has 0 heterocycles. The summed E-state index contributed by atoms with van der Waals surface area (Å²) in [7, 11) is -5.39. The van der Waals surface area contributed by atoms with Crippen molar-refractivity contribution in [3.05, 3.63) is 6.92 Å². The van der Waals surface area contributed by atoms with Gasteiger partial charge in [-0.2, -0.15) is 14.2 Å². The van der Waals surface area contributed by atoms with E-state index >= 15 is 0 Å². The molecule has 0 rings (SSSR count). The van der Waals surface area contributed by atoms with Gasteiger partial charge in [0, 0.05) is 0 Å². The fraction of sp³-hybridized carbons (Fsp3) is 0.833. The largest absolute Gasteiger partial charge is 3.00 e. The van der Waals surface area contributed by atoms with Crippen LogP contribution in [-0.4, -0.2) is 0 Å². The van der Waals surface area contributed by atoms with Crippen molar-refractivity contribution in [3.8, 4) is 0 Å². The Hall–Kier alpha value is 1.46. The van der Waals surface area contributed by atoms with Gasteiger partial charge in [-0.05, 0) is 0 Å². The molecule has 0 aromatic heterocycles. The third kappa shape index (κ3) is 63.0. The minimum absolute atomic E-state index is 0. The fourth-order valence-electron chi connectivity index (χ4n) is 0.427. The Morgan fingerprint density at radius 3 is 1.67 bits per heavy atom. The molecule has 0 amide bonds. The summed E-state index contributed by atoms with van der Waals surface area (Å²) >= 11 is 0. The summed E-state index contributed by atoms with van der Waals surface area (Å²) in [6, 6.07) is 0. The zero-order chi connectivity index (χ0) is 9.33. The van der Waals surface area contributed by atoms with E-state index in [2.05, 4.69) is 13.8 Å². The van der Waals surface area contributed by atoms with Crippen LogP contribution >= 0.6 is 7.82 Å². The van der Waals surface area contributed by atoms with E-state index in [1.807, 2.05) is 0 Å². The first-order valence-electron chi connectivity index (χ1n) is 3.44. The molecule has 0 aliphatic rings. The first-order valence-corrected chi connectivity index (χ1v) is 4.90. The van der Waals surface area contributed by atoms with Gasteiger partial charge < -0.3 is 26.2 Å². The van der Waals surface area contributed by atoms with Crippen molar-refractivity contribution in [1.29, 1.82) is 0 Å². The molecule has 0 saturated heterocycles. The van der Waals surface area contributed by atoms with Crippen molar-refractivity contribution in [2.45, 2.75) is 32.6 Å². The van der Waals surface area contributed by atoms with E-state index in [-0.39, 0.29) is 40.8 Å². The molecule has 12 heavy (non-hydrogen) atoms. The van der Waals surface area contributed by atoms with E-state index < -0.39 is 7.82 Å². The van der Waals surface area contributed by atoms with Gasteiger partial charge in [0.25, 0.3) is 0 Å². The molecule has 0 unspecified atom stereocenters. The number of hydrogen-bond donors (Lipinski definition) is 0. The molecular formula is C6H13NdO4P-. The average molecular weight is 324 g/mol. The van der Waals surface area contributed by atoms with Crippen molar-refractivity contribution >= 4 is 7.82 Å². The summed E-state index contributed by atoms with van der Waals surface area (Å²) in [6.45, 7) is 5.93. The molecule has 71 valence electrons. The first-order chi connectivity index (χ1) is 4.91. The van der Waals surface area contributed by atoms with Crippen LogP contribution in [0, 0.1) is 47.8 Å². The van der Waals surface area contributed by atoms with Gasteiger partial charge in [-0.15, -0.1) is 0 Å². The van der Waals surface area contributed by atoms with Crippen LogP contribution in [0.1, 0.15) is 32.6 Å². The van der Waals surface area contributed by atoms with E-state index in [1.165, 1.54) is 19.3 Å². The maximum Gasteiger partial charge on any atom is 3.00 e. The molecule has 0 atom stereocenters. The molecule has 0 saturated carbocycles. The molecule has 0 aromatic rings. The zero-order valence-electron chi connectivity index (χ0n) is 7.12. The van der Waals surface area contributed by atoms with Crippen molar-refractivity contribution in [2.75, 3.05) is 0 Å². The summed E-state index contributed by atoms with van der Waals surface area (Å²) in [6.07, 6.45) is 5.07. The van der Waals surface area contributed by atoms with Crippen LogP contribution in [0.15, 0.2) is 0 Å². The average Bonchev–Trinajstić information content (AvgIpc) is 1.79. The van der Waals surface area contributed by atoms with Gasteiger partial charge in [0.1, 0.15) is 0 Å². The number of rotatable bonds is 3. The van der Waals surface area contributed by atoms with Crippen LogP contribution in [-0.2, 0) is 4.57 Å². The van der Waals surface area contributed by atoms with Gasteiger partial charge >= 0.3 is 40.8 Å². The van der Waals surface area contributed by atoms with Crippen molar-refractivity contribution in [2.24, 2.45) is 0 Å². The summed E-state index contributed by atoms with van der Waals surface area (Å²) in [5.41, 5.74) is 0. The summed E-state index contributed by atoms with van der Waals surface area (Å²) in [5.74, 6) is 0. The molecule has 1 radical (unpaired) electrons. The van der Waals surface area contributed by atoms with Gasteiger partial charge in [-0.25, -0.2) is 0 Å². The molecule has 0 aliphatic carbocycles. The van der Waals surface area contributed by atoms with Gasteiger partial charge in [-0.1, -0.05) is 26.2 Å². The quantitative estimate of drug-likeness (QED) is 0.401. The van der Waals surface area contributed by atoms with E-state index in [1.54, 1.807) is 0 Å². The van der Waals surface area contributed by atoms with Crippen molar-refractivity contribution in [3.63, 3.8) is 0 Å². The monoisotopic (exact) mass is 322 g/mol. The molecule has 0 spiro atoms. The smallest absolute Gasteiger partial charge is 0.822 e. The third-order valence-corrected chi connectivity index (χ3v) is 0.854. The molecule has 6 heteroatoms. The minimum Gasteiger partial charge on any atom is -0.822 e. The fourth-order valence-corrected chi connectivity index (χ4v) is 0.427. The van der Waals surface area contributed by atoms with Crippen LogP contribution in [0.25, 0.3) is 0 Å². The Morgan fingerprint density at radius 2 is 1.58 bits per heavy atom. The molecule has 0 fully saturated rings. The van der Waals surface area contributed by atoms with Crippen LogP contribution in [0.2, 0.25) is 0 Å². The van der Waals surface area contributed by atoms with E-state index in [0.29, 0.717) is 0 Å². The normalized spacial score (nSPS) is 9.42. The topological polar surface area (TPSA) is 86.2 Å². The summed E-state index contributed by atoms with van der Waals surface area (Å²) in [5, 5.41) is 0. The minimum atomic E-state index is -5.39. The Kier molecular flexibility index (Phi) is 19.8. The maximum absolute atomic E-state index is 8.55. The van der Waals surface area contributed by atoms with E-state index in [4.69, 9.17) is 19.2 Å². The Morgan fingerprint density at radius 1 is 1.25 bits per heavy atom. The van der Waals surface area contributed by atoms with Crippen molar-refractivity contribution in [1.82, 2.24) is 0 Å². The van der Waals surface area contributed by atoms with Crippen LogP contribution in [0.3, 0.4) is 0 Å². The molecule has 0 N–H and O–H groups in total. The standard InChI is InChI=1S/C6H13.Nd.H3O4P/c1-3-5-6-4-2;;1-5(2,3)4/h1,3-6H2,2H3;;(H3,1,2,3,4)/q-1;+3;/p-3. The number of unbranched alkanes of at least 4 members (excludes halogenated alkanes) is 3. The Labute approximate surface area is 107 Å². The molecule has 0 aliphatic heterocycles. The third-order valence-electron chi connectivity index (χ3n) is 0.854. The van der Waals surface area contributed by atoms with Crippen molar-refractivity contribution < 1.29 is 60.1 Å². The summed E-state index contributed by atoms with van der Waals surface area (Å²) < 4.78 is 8.55. The van der Waals surface area contributed by atoms with Gasteiger partial charge in [0.2, 0.25) is 0 Å². The summed E-state index contributed by atoms with van der Waals surface area (Å²) in [4.78, 5) is 25.6. The van der Waals surface area contributed by atoms with Crippen LogP contribution in [0.4, 0.5) is 0 Å². The second-order valence-electron chi connectivity index (χ2n) is 2.01. The van der Waals surface area contributed by atoms with E-state index in [9.17, 15) is 0 Å². The van der Waals surface area contributed by atoms with Gasteiger partial charge in [0.15, 0.2) is 0 Å². The zero-order valence-corrected chi connectivity index (χ0v) is 11.2. The molecule has 0 aromatic carbocycles. The van der Waals surface area contributed by atoms with Crippen LogP contribution in [0.5, 0.6) is 0 Å².